The summed E-state index contributed by atoms with van der Waals surface area (Å²) >= 11 is 2.10. The van der Waals surface area contributed by atoms with Crippen molar-refractivity contribution in [3.05, 3.63) is 149 Å². The number of aryl methyl sites for hydroxylation is 3. The fourth-order valence-electron chi connectivity index (χ4n) is 8.20. The van der Waals surface area contributed by atoms with Gasteiger partial charge in [0.15, 0.2) is 0 Å². The molecule has 5 aromatic heterocycles. The third-order valence-electron chi connectivity index (χ3n) is 10.6. The van der Waals surface area contributed by atoms with Gasteiger partial charge in [0, 0.05) is 27.7 Å². The molecule has 0 saturated carbocycles. The summed E-state index contributed by atoms with van der Waals surface area (Å²) in [4.78, 5) is 4.89. The molecule has 0 radical (unpaired) electrons. The van der Waals surface area contributed by atoms with E-state index in [0.29, 0.717) is 20.8 Å². The fourth-order valence-corrected chi connectivity index (χ4v) is 9.04. The number of ether oxygens (including phenoxy) is 1. The molecule has 0 amide bonds. The van der Waals surface area contributed by atoms with Gasteiger partial charge in [0.1, 0.15) is 0 Å². The van der Waals surface area contributed by atoms with Crippen molar-refractivity contribution in [2.24, 2.45) is 6.98 Å². The summed E-state index contributed by atoms with van der Waals surface area (Å²) < 4.78 is 40.2. The van der Waals surface area contributed by atoms with Gasteiger partial charge in [0.25, 0.3) is 0 Å². The fraction of sp³-hybridized carbons (Fsp3) is 0.0667. The molecule has 0 aliphatic rings. The Morgan fingerprint density at radius 1 is 0.596 bits per heavy atom. The molecule has 0 spiro atoms. The molecule has 0 fully saturated rings. The molecule has 5 heterocycles. The van der Waals surface area contributed by atoms with Gasteiger partial charge in [-0.1, -0.05) is 36.4 Å². The molecule has 11 rings (SSSR count). The van der Waals surface area contributed by atoms with E-state index in [1.807, 2.05) is 72.3 Å². The van der Waals surface area contributed by atoms with Gasteiger partial charge in [-0.3, -0.25) is 0 Å². The number of nitrogens with zero attached hydrogens (tertiary/aromatic N) is 5. The van der Waals surface area contributed by atoms with Crippen molar-refractivity contribution in [2.75, 3.05) is 0 Å². The van der Waals surface area contributed by atoms with Crippen LogP contribution in [0.3, 0.4) is 0 Å². The Hall–Kier alpha value is -5.97. The van der Waals surface area contributed by atoms with Gasteiger partial charge in [-0.2, -0.15) is 0 Å². The number of pyridine rings is 1. The first-order valence-electron chi connectivity index (χ1n) is 18.7. The van der Waals surface area contributed by atoms with Crippen LogP contribution in [-0.4, -0.2) is 23.1 Å². The average molecular weight is 856 g/mol. The summed E-state index contributed by atoms with van der Waals surface area (Å²) in [6.07, 6.45) is 1.87. The number of benzene rings is 6. The number of imidazole rings is 1. The van der Waals surface area contributed by atoms with Crippen LogP contribution in [0.4, 0.5) is 0 Å². The van der Waals surface area contributed by atoms with E-state index in [2.05, 4.69) is 108 Å². The topological polar surface area (TPSA) is 41.3 Å². The van der Waals surface area contributed by atoms with E-state index in [4.69, 9.17) is 13.8 Å². The molecule has 0 aliphatic heterocycles. The van der Waals surface area contributed by atoms with Crippen LogP contribution in [-0.2, 0) is 26.3 Å². The summed E-state index contributed by atoms with van der Waals surface area (Å²) in [6.45, 7) is 1.78. The molecule has 11 aromatic rings. The van der Waals surface area contributed by atoms with Crippen molar-refractivity contribution in [1.82, 2.24) is 23.1 Å². The van der Waals surface area contributed by atoms with Crippen molar-refractivity contribution in [2.45, 2.75) is 13.8 Å². The quantitative estimate of drug-likeness (QED) is 0.177. The summed E-state index contributed by atoms with van der Waals surface area (Å²) in [5.41, 5.74) is 10.0. The maximum atomic E-state index is 8.26. The minimum atomic E-state index is -2.34. The zero-order valence-electron chi connectivity index (χ0n) is 31.2. The van der Waals surface area contributed by atoms with Gasteiger partial charge in [-0.15, -0.1) is 0 Å². The Bertz CT molecular complexity index is 3460. The summed E-state index contributed by atoms with van der Waals surface area (Å²) in [7, 11) is 0. The van der Waals surface area contributed by atoms with Crippen molar-refractivity contribution in [1.29, 1.82) is 0 Å². The summed E-state index contributed by atoms with van der Waals surface area (Å²) in [5, 5.41) is 7.23. The zero-order valence-corrected chi connectivity index (χ0v) is 30.4. The molecule has 0 saturated heterocycles. The van der Waals surface area contributed by atoms with E-state index in [-0.39, 0.29) is 0 Å². The molecule has 7 heteroatoms. The molecule has 0 atom stereocenters. The Kier molecular flexibility index (Phi) is 5.55. The van der Waals surface area contributed by atoms with Crippen molar-refractivity contribution in [3.63, 3.8) is 0 Å². The Morgan fingerprint density at radius 2 is 1.33 bits per heavy atom. The van der Waals surface area contributed by atoms with Crippen LogP contribution in [0.1, 0.15) is 15.2 Å². The van der Waals surface area contributed by atoms with Gasteiger partial charge in [0.05, 0.1) is 16.6 Å². The molecule has 0 unspecified atom stereocenters. The van der Waals surface area contributed by atoms with Gasteiger partial charge >= 0.3 is 205 Å². The number of aromatic nitrogens is 5. The molecule has 52 heavy (non-hydrogen) atoms. The first-order valence-corrected chi connectivity index (χ1v) is 18.3. The van der Waals surface area contributed by atoms with Crippen molar-refractivity contribution >= 4 is 70.9 Å². The maximum absolute atomic E-state index is 8.26. The van der Waals surface area contributed by atoms with E-state index in [0.717, 1.165) is 55.5 Å². The number of hydrogen-bond acceptors (Lipinski definition) is 2. The molecular weight excluding hydrogens is 822 g/mol. The first-order chi connectivity index (χ1) is 26.7. The van der Waals surface area contributed by atoms with Gasteiger partial charge in [-0.25, -0.2) is 0 Å². The van der Waals surface area contributed by atoms with Crippen molar-refractivity contribution < 1.29 is 28.2 Å². The van der Waals surface area contributed by atoms with Gasteiger partial charge in [-0.05, 0) is 24.6 Å². The molecule has 252 valence electrons. The standard InChI is InChI=1S/C45H31N5O.Pt/c1-27-19-20-46-44(21-27)49-40-23-30(51-43-22-29(16-15-28(43)2)48-26-47(3)38-13-6-7-14-39(38)48)17-18-32(40)35-24-36-34-11-8-10-33-31-9-4-5-12-37(31)50(45(33)34)42(36)25-41(35)49;/h4-25H,1-3H3;/i3D3;. The molecular formula is C45H31N5OPt. The van der Waals surface area contributed by atoms with Crippen LogP contribution in [0.2, 0.25) is 0 Å². The Labute approximate surface area is 313 Å². The van der Waals surface area contributed by atoms with E-state index in [1.165, 1.54) is 37.1 Å². The van der Waals surface area contributed by atoms with Crippen LogP contribution in [0.15, 0.2) is 134 Å². The molecule has 0 N–H and O–H groups in total. The molecule has 6 nitrogen and oxygen atoms in total. The van der Waals surface area contributed by atoms with Crippen LogP contribution >= 0.6 is 0 Å². The molecule has 0 aliphatic carbocycles. The summed E-state index contributed by atoms with van der Waals surface area (Å²) in [6, 6.07) is 44.0. The summed E-state index contributed by atoms with van der Waals surface area (Å²) in [5.74, 6) is 2.21. The minimum absolute atomic E-state index is 0.579. The van der Waals surface area contributed by atoms with Crippen LogP contribution in [0.5, 0.6) is 11.5 Å². The van der Waals surface area contributed by atoms with E-state index >= 15 is 0 Å². The zero-order chi connectivity index (χ0) is 37.3. The van der Waals surface area contributed by atoms with E-state index in [9.17, 15) is 0 Å². The normalized spacial score (nSPS) is 13.3. The third kappa shape index (κ3) is 4.04. The first kappa shape index (κ1) is 26.8. The number of para-hydroxylation sites is 4. The average Bonchev–Trinajstić information content (AvgIpc) is 3.88. The third-order valence-corrected chi connectivity index (χ3v) is 11.6. The Morgan fingerprint density at radius 3 is 2.17 bits per heavy atom. The monoisotopic (exact) mass is 855 g/mol. The predicted octanol–water partition coefficient (Wildman–Crippen LogP) is 11.1. The second kappa shape index (κ2) is 10.8. The predicted molar refractivity (Wildman–Crippen MR) is 208 cm³/mol. The number of rotatable bonds is 4. The SMILES string of the molecule is [2H]C([2H])([2H])n1[c](=[Pt])n(-c2ccc(C)c(Oc3ccc4c5cc6c7cccc8c9ccccc9n(c6cc5n(-c5cc(C)ccn5)c4c3)c87)c2)c2ccccc21. The van der Waals surface area contributed by atoms with Crippen LogP contribution in [0, 0.1) is 17.7 Å². The molecule has 0 bridgehead atoms. The number of hydrogen-bond donors (Lipinski definition) is 0. The van der Waals surface area contributed by atoms with E-state index in [1.54, 1.807) is 0 Å². The second-order valence-electron chi connectivity index (χ2n) is 13.6. The number of fused-ring (bicyclic) bond motifs is 10. The van der Waals surface area contributed by atoms with Crippen molar-refractivity contribution in [3.8, 4) is 23.0 Å². The molecule has 6 aromatic carbocycles. The van der Waals surface area contributed by atoms with Crippen LogP contribution in [0.25, 0.3) is 82.4 Å². The van der Waals surface area contributed by atoms with Gasteiger partial charge in [0.2, 0.25) is 0 Å². The van der Waals surface area contributed by atoms with Gasteiger partial charge < -0.3 is 4.40 Å². The van der Waals surface area contributed by atoms with E-state index < -0.39 is 6.98 Å². The Balaban J connectivity index is 1.12. The van der Waals surface area contributed by atoms with Crippen LogP contribution < -0.4 is 4.74 Å². The second-order valence-corrected chi connectivity index (χ2v) is 14.6.